The van der Waals surface area contributed by atoms with Gasteiger partial charge in [-0.25, -0.2) is 4.39 Å². The molecule has 2 aromatic rings. The van der Waals surface area contributed by atoms with E-state index in [-0.39, 0.29) is 35.3 Å². The van der Waals surface area contributed by atoms with E-state index >= 15 is 0 Å². The van der Waals surface area contributed by atoms with Gasteiger partial charge in [0.1, 0.15) is 5.82 Å². The number of rotatable bonds is 2. The summed E-state index contributed by atoms with van der Waals surface area (Å²) in [6.07, 6.45) is 1.33. The summed E-state index contributed by atoms with van der Waals surface area (Å²) in [4.78, 5) is 28.2. The minimum atomic E-state index is -0.322. The van der Waals surface area contributed by atoms with Gasteiger partial charge in [-0.3, -0.25) is 14.5 Å². The SMILES string of the molecule is Cc1ccccc1N1C(=O)CC(c2ccc(F)cc2)C2=C1CC(C)(C)CC2=O. The number of allylic oxidation sites excluding steroid dienone is 2. The van der Waals surface area contributed by atoms with Crippen LogP contribution in [0.5, 0.6) is 0 Å². The molecule has 0 N–H and O–H groups in total. The van der Waals surface area contributed by atoms with Gasteiger partial charge < -0.3 is 0 Å². The molecule has 144 valence electrons. The highest BCUT2D eigenvalue weighted by molar-refractivity contribution is 6.08. The topological polar surface area (TPSA) is 37.4 Å². The summed E-state index contributed by atoms with van der Waals surface area (Å²) in [5.41, 5.74) is 3.97. The first-order valence-corrected chi connectivity index (χ1v) is 9.67. The molecule has 1 aliphatic heterocycles. The van der Waals surface area contributed by atoms with Crippen LogP contribution in [0.25, 0.3) is 0 Å². The molecule has 1 unspecified atom stereocenters. The molecule has 1 aliphatic carbocycles. The van der Waals surface area contributed by atoms with Gasteiger partial charge in [0.25, 0.3) is 0 Å². The summed E-state index contributed by atoms with van der Waals surface area (Å²) in [6, 6.07) is 13.9. The third-order valence-corrected chi connectivity index (χ3v) is 5.77. The zero-order valence-electron chi connectivity index (χ0n) is 16.5. The number of nitrogens with zero attached hydrogens (tertiary/aromatic N) is 1. The lowest BCUT2D eigenvalue weighted by Gasteiger charge is -2.43. The molecule has 4 rings (SSSR count). The molecule has 3 nitrogen and oxygen atoms in total. The molecule has 2 aliphatic rings. The third kappa shape index (κ3) is 3.17. The number of para-hydroxylation sites is 1. The first kappa shape index (κ1) is 18.6. The van der Waals surface area contributed by atoms with Gasteiger partial charge >= 0.3 is 0 Å². The number of carbonyl (C=O) groups excluding carboxylic acids is 2. The lowest BCUT2D eigenvalue weighted by atomic mass is 9.69. The van der Waals surface area contributed by atoms with Crippen molar-refractivity contribution < 1.29 is 14.0 Å². The van der Waals surface area contributed by atoms with Gasteiger partial charge in [0.05, 0.1) is 5.69 Å². The average Bonchev–Trinajstić information content (AvgIpc) is 2.62. The summed E-state index contributed by atoms with van der Waals surface area (Å²) in [5, 5.41) is 0. The van der Waals surface area contributed by atoms with Crippen LogP contribution >= 0.6 is 0 Å². The second-order valence-corrected chi connectivity index (χ2v) is 8.63. The largest absolute Gasteiger partial charge is 0.294 e. The number of ketones is 1. The van der Waals surface area contributed by atoms with Crippen molar-refractivity contribution in [3.05, 3.63) is 76.7 Å². The number of hydrogen-bond acceptors (Lipinski definition) is 2. The molecular weight excluding hydrogens is 353 g/mol. The molecule has 0 saturated heterocycles. The van der Waals surface area contributed by atoms with E-state index in [9.17, 15) is 14.0 Å². The first-order chi connectivity index (χ1) is 13.3. The van der Waals surface area contributed by atoms with Crippen LogP contribution in [0.4, 0.5) is 10.1 Å². The van der Waals surface area contributed by atoms with Crippen molar-refractivity contribution in [2.75, 3.05) is 4.90 Å². The van der Waals surface area contributed by atoms with Crippen LogP contribution < -0.4 is 4.90 Å². The zero-order valence-corrected chi connectivity index (χ0v) is 16.5. The normalized spacial score (nSPS) is 21.7. The van der Waals surface area contributed by atoms with E-state index in [1.807, 2.05) is 31.2 Å². The van der Waals surface area contributed by atoms with Gasteiger partial charge in [-0.15, -0.1) is 0 Å². The molecule has 0 aromatic heterocycles. The molecule has 0 spiro atoms. The van der Waals surface area contributed by atoms with Crippen molar-refractivity contribution in [2.45, 2.75) is 46.0 Å². The molecule has 1 amide bonds. The second-order valence-electron chi connectivity index (χ2n) is 8.63. The number of hydrogen-bond donors (Lipinski definition) is 0. The maximum absolute atomic E-state index is 13.4. The number of carbonyl (C=O) groups is 2. The van der Waals surface area contributed by atoms with Gasteiger partial charge in [0.15, 0.2) is 5.78 Å². The Morgan fingerprint density at radius 1 is 1.00 bits per heavy atom. The Morgan fingerprint density at radius 2 is 1.68 bits per heavy atom. The number of aryl methyl sites for hydroxylation is 1. The van der Waals surface area contributed by atoms with Gasteiger partial charge in [0.2, 0.25) is 5.91 Å². The molecule has 28 heavy (non-hydrogen) atoms. The van der Waals surface area contributed by atoms with Gasteiger partial charge in [-0.05, 0) is 48.1 Å². The van der Waals surface area contributed by atoms with Crippen LogP contribution in [0, 0.1) is 18.2 Å². The van der Waals surface area contributed by atoms with Gasteiger partial charge in [-0.2, -0.15) is 0 Å². The van der Waals surface area contributed by atoms with Crippen molar-refractivity contribution in [2.24, 2.45) is 5.41 Å². The first-order valence-electron chi connectivity index (χ1n) is 9.67. The van der Waals surface area contributed by atoms with Crippen LogP contribution in [-0.2, 0) is 9.59 Å². The van der Waals surface area contributed by atoms with Crippen LogP contribution in [0.15, 0.2) is 59.8 Å². The monoisotopic (exact) mass is 377 g/mol. The van der Waals surface area contributed by atoms with Crippen molar-refractivity contribution in [1.82, 2.24) is 0 Å². The van der Waals surface area contributed by atoms with Crippen LogP contribution in [0.1, 0.15) is 50.2 Å². The summed E-state index contributed by atoms with van der Waals surface area (Å²) in [6.45, 7) is 6.11. The summed E-state index contributed by atoms with van der Waals surface area (Å²) in [7, 11) is 0. The predicted molar refractivity (Wildman–Crippen MR) is 107 cm³/mol. The molecule has 0 bridgehead atoms. The van der Waals surface area contributed by atoms with E-state index in [0.717, 1.165) is 22.5 Å². The number of amides is 1. The molecule has 4 heteroatoms. The standard InChI is InChI=1S/C24H24FNO2/c1-15-6-4-5-7-19(15)26-20-13-24(2,3)14-21(27)23(20)18(12-22(26)28)16-8-10-17(25)11-9-16/h4-11,18H,12-14H2,1-3H3. The lowest BCUT2D eigenvalue weighted by molar-refractivity contribution is -0.121. The molecular formula is C24H24FNO2. The van der Waals surface area contributed by atoms with Crippen LogP contribution in [0.3, 0.4) is 0 Å². The maximum Gasteiger partial charge on any atom is 0.232 e. The van der Waals surface area contributed by atoms with Gasteiger partial charge in [-0.1, -0.05) is 44.2 Å². The predicted octanol–water partition coefficient (Wildman–Crippen LogP) is 5.30. The van der Waals surface area contributed by atoms with Crippen LogP contribution in [-0.4, -0.2) is 11.7 Å². The molecule has 1 heterocycles. The Labute approximate surface area is 164 Å². The third-order valence-electron chi connectivity index (χ3n) is 5.77. The highest BCUT2D eigenvalue weighted by Gasteiger charge is 2.44. The Balaban J connectivity index is 1.91. The molecule has 0 fully saturated rings. The lowest BCUT2D eigenvalue weighted by Crippen LogP contribution is -2.44. The van der Waals surface area contributed by atoms with E-state index in [4.69, 9.17) is 0 Å². The van der Waals surface area contributed by atoms with Gasteiger partial charge in [0, 0.05) is 30.0 Å². The van der Waals surface area contributed by atoms with Crippen molar-refractivity contribution >= 4 is 17.4 Å². The quantitative estimate of drug-likeness (QED) is 0.712. The van der Waals surface area contributed by atoms with E-state index in [2.05, 4.69) is 13.8 Å². The minimum absolute atomic E-state index is 0.0205. The number of benzene rings is 2. The number of Topliss-reactive ketones (excluding diaryl/α,β-unsaturated/α-hetero) is 1. The van der Waals surface area contributed by atoms with Crippen molar-refractivity contribution in [1.29, 1.82) is 0 Å². The van der Waals surface area contributed by atoms with E-state index < -0.39 is 0 Å². The second kappa shape index (κ2) is 6.69. The molecule has 0 saturated carbocycles. The zero-order chi connectivity index (χ0) is 20.1. The smallest absolute Gasteiger partial charge is 0.232 e. The van der Waals surface area contributed by atoms with E-state index in [1.165, 1.54) is 12.1 Å². The highest BCUT2D eigenvalue weighted by atomic mass is 19.1. The van der Waals surface area contributed by atoms with Crippen LogP contribution in [0.2, 0.25) is 0 Å². The maximum atomic E-state index is 13.4. The number of halogens is 1. The Kier molecular flexibility index (Phi) is 4.45. The summed E-state index contributed by atoms with van der Waals surface area (Å²) in [5.74, 6) is -0.566. The highest BCUT2D eigenvalue weighted by Crippen LogP contribution is 2.48. The molecule has 2 aromatic carbocycles. The fourth-order valence-electron chi connectivity index (χ4n) is 4.49. The van der Waals surface area contributed by atoms with E-state index in [1.54, 1.807) is 17.0 Å². The Bertz CT molecular complexity index is 988. The van der Waals surface area contributed by atoms with E-state index in [0.29, 0.717) is 18.4 Å². The molecule has 0 radical (unpaired) electrons. The van der Waals surface area contributed by atoms with Crippen molar-refractivity contribution in [3.63, 3.8) is 0 Å². The minimum Gasteiger partial charge on any atom is -0.294 e. The number of anilines is 1. The fourth-order valence-corrected chi connectivity index (χ4v) is 4.49. The summed E-state index contributed by atoms with van der Waals surface area (Å²) < 4.78 is 13.4. The summed E-state index contributed by atoms with van der Waals surface area (Å²) >= 11 is 0. The Hall–Kier alpha value is -2.75. The van der Waals surface area contributed by atoms with Crippen molar-refractivity contribution in [3.8, 4) is 0 Å². The Morgan fingerprint density at radius 3 is 2.36 bits per heavy atom. The molecule has 1 atom stereocenters. The average molecular weight is 377 g/mol. The fraction of sp³-hybridized carbons (Fsp3) is 0.333.